The first-order chi connectivity index (χ1) is 10.6. The quantitative estimate of drug-likeness (QED) is 0.908. The number of hydrogen-bond donors (Lipinski definition) is 1. The van der Waals surface area contributed by atoms with E-state index in [4.69, 9.17) is 9.47 Å². The number of carbonyl (C=O) groups is 1. The summed E-state index contributed by atoms with van der Waals surface area (Å²) in [5.74, 6) is 0.190. The summed E-state index contributed by atoms with van der Waals surface area (Å²) in [6.45, 7) is 6.52. The Morgan fingerprint density at radius 3 is 3.05 bits per heavy atom. The van der Waals surface area contributed by atoms with Crippen molar-refractivity contribution in [2.75, 3.05) is 26.2 Å². The highest BCUT2D eigenvalue weighted by Gasteiger charge is 2.24. The number of halogens is 1. The summed E-state index contributed by atoms with van der Waals surface area (Å²) in [5.41, 5.74) is 0.324. The fraction of sp³-hybridized carbons (Fsp3) is 0.562. The average Bonchev–Trinajstić information content (AvgIpc) is 2.53. The van der Waals surface area contributed by atoms with Gasteiger partial charge in [0.2, 0.25) is 0 Å². The average molecular weight is 310 g/mol. The summed E-state index contributed by atoms with van der Waals surface area (Å²) in [6.07, 6.45) is 0.469. The van der Waals surface area contributed by atoms with Crippen molar-refractivity contribution in [2.45, 2.75) is 32.9 Å². The SMILES string of the molecule is CCCOc1ccc(F)c(COC(=O)N2CCNCC2C)c1. The first-order valence-corrected chi connectivity index (χ1v) is 7.67. The second-order valence-corrected chi connectivity index (χ2v) is 5.40. The zero-order valence-electron chi connectivity index (χ0n) is 13.1. The smallest absolute Gasteiger partial charge is 0.410 e. The molecule has 1 unspecified atom stereocenters. The summed E-state index contributed by atoms with van der Waals surface area (Å²) in [5, 5.41) is 3.20. The van der Waals surface area contributed by atoms with E-state index in [0.29, 0.717) is 24.5 Å². The highest BCUT2D eigenvalue weighted by Crippen LogP contribution is 2.18. The monoisotopic (exact) mass is 310 g/mol. The molecule has 1 atom stereocenters. The maximum atomic E-state index is 13.8. The fourth-order valence-corrected chi connectivity index (χ4v) is 2.31. The van der Waals surface area contributed by atoms with Crippen molar-refractivity contribution in [1.82, 2.24) is 10.2 Å². The molecule has 1 aromatic carbocycles. The van der Waals surface area contributed by atoms with Crippen LogP contribution in [-0.4, -0.2) is 43.3 Å². The molecule has 1 aliphatic heterocycles. The number of hydrogen-bond acceptors (Lipinski definition) is 4. The Morgan fingerprint density at radius 2 is 2.32 bits per heavy atom. The topological polar surface area (TPSA) is 50.8 Å². The Morgan fingerprint density at radius 1 is 1.50 bits per heavy atom. The Labute approximate surface area is 130 Å². The zero-order chi connectivity index (χ0) is 15.9. The van der Waals surface area contributed by atoms with Gasteiger partial charge in [-0.1, -0.05) is 6.92 Å². The normalized spacial score (nSPS) is 18.1. The molecular weight excluding hydrogens is 287 g/mol. The van der Waals surface area contributed by atoms with Crippen molar-refractivity contribution >= 4 is 6.09 Å². The lowest BCUT2D eigenvalue weighted by molar-refractivity contribution is 0.0751. The standard InChI is InChI=1S/C16H23FN2O3/c1-3-8-21-14-4-5-15(17)13(9-14)11-22-16(20)19-7-6-18-10-12(19)2/h4-5,9,12,18H,3,6-8,10-11H2,1-2H3. The number of nitrogens with one attached hydrogen (secondary N) is 1. The van der Waals surface area contributed by atoms with Crippen LogP contribution in [0.25, 0.3) is 0 Å². The molecule has 1 aromatic rings. The molecule has 5 nitrogen and oxygen atoms in total. The number of piperazine rings is 1. The van der Waals surface area contributed by atoms with Gasteiger partial charge in [-0.15, -0.1) is 0 Å². The predicted octanol–water partition coefficient (Wildman–Crippen LogP) is 2.54. The summed E-state index contributed by atoms with van der Waals surface area (Å²) < 4.78 is 24.5. The molecule has 0 saturated carbocycles. The second kappa shape index (κ2) is 7.98. The van der Waals surface area contributed by atoms with Crippen LogP contribution in [0.4, 0.5) is 9.18 Å². The van der Waals surface area contributed by atoms with Crippen LogP contribution in [0.1, 0.15) is 25.8 Å². The van der Waals surface area contributed by atoms with E-state index >= 15 is 0 Å². The van der Waals surface area contributed by atoms with Gasteiger partial charge in [0.25, 0.3) is 0 Å². The third kappa shape index (κ3) is 4.34. The van der Waals surface area contributed by atoms with Crippen molar-refractivity contribution in [2.24, 2.45) is 0 Å². The molecule has 0 bridgehead atoms. The molecule has 0 aromatic heterocycles. The van der Waals surface area contributed by atoms with E-state index in [2.05, 4.69) is 5.32 Å². The number of benzene rings is 1. The number of rotatable bonds is 5. The second-order valence-electron chi connectivity index (χ2n) is 5.40. The summed E-state index contributed by atoms with van der Waals surface area (Å²) in [6, 6.07) is 4.57. The van der Waals surface area contributed by atoms with E-state index in [0.717, 1.165) is 19.5 Å². The van der Waals surface area contributed by atoms with Crippen LogP contribution < -0.4 is 10.1 Å². The Bertz CT molecular complexity index is 510. The van der Waals surface area contributed by atoms with Gasteiger partial charge in [-0.25, -0.2) is 9.18 Å². The molecule has 0 spiro atoms. The minimum absolute atomic E-state index is 0.0744. The lowest BCUT2D eigenvalue weighted by Crippen LogP contribution is -2.52. The first kappa shape index (κ1) is 16.5. The van der Waals surface area contributed by atoms with Gasteiger partial charge in [0, 0.05) is 31.2 Å². The molecule has 22 heavy (non-hydrogen) atoms. The van der Waals surface area contributed by atoms with E-state index in [-0.39, 0.29) is 12.6 Å². The third-order valence-corrected chi connectivity index (χ3v) is 3.58. The Balaban J connectivity index is 1.93. The van der Waals surface area contributed by atoms with Gasteiger partial charge in [-0.2, -0.15) is 0 Å². The van der Waals surface area contributed by atoms with E-state index in [1.165, 1.54) is 6.07 Å². The minimum atomic E-state index is -0.409. The molecule has 1 saturated heterocycles. The van der Waals surface area contributed by atoms with Gasteiger partial charge in [0.15, 0.2) is 0 Å². The van der Waals surface area contributed by atoms with Gasteiger partial charge in [-0.05, 0) is 31.5 Å². The summed E-state index contributed by atoms with van der Waals surface area (Å²) in [7, 11) is 0. The van der Waals surface area contributed by atoms with Gasteiger partial charge < -0.3 is 19.7 Å². The van der Waals surface area contributed by atoms with Crippen LogP contribution in [0.2, 0.25) is 0 Å². The molecule has 6 heteroatoms. The zero-order valence-corrected chi connectivity index (χ0v) is 13.1. The fourth-order valence-electron chi connectivity index (χ4n) is 2.31. The van der Waals surface area contributed by atoms with Crippen molar-refractivity contribution in [1.29, 1.82) is 0 Å². The minimum Gasteiger partial charge on any atom is -0.494 e. The van der Waals surface area contributed by atoms with E-state index in [1.807, 2.05) is 13.8 Å². The first-order valence-electron chi connectivity index (χ1n) is 7.67. The van der Waals surface area contributed by atoms with Crippen LogP contribution in [0, 0.1) is 5.82 Å². The molecule has 1 aliphatic rings. The lowest BCUT2D eigenvalue weighted by atomic mass is 10.2. The van der Waals surface area contributed by atoms with E-state index in [1.54, 1.807) is 17.0 Å². The van der Waals surface area contributed by atoms with Gasteiger partial charge in [0.1, 0.15) is 18.2 Å². The molecule has 1 heterocycles. The number of ether oxygens (including phenoxy) is 2. The van der Waals surface area contributed by atoms with Crippen molar-refractivity contribution < 1.29 is 18.7 Å². The van der Waals surface area contributed by atoms with Crippen LogP contribution >= 0.6 is 0 Å². The van der Waals surface area contributed by atoms with Crippen molar-refractivity contribution in [3.63, 3.8) is 0 Å². The van der Waals surface area contributed by atoms with Crippen LogP contribution in [-0.2, 0) is 11.3 Å². The molecule has 2 rings (SSSR count). The van der Waals surface area contributed by atoms with Crippen LogP contribution in [0.3, 0.4) is 0 Å². The largest absolute Gasteiger partial charge is 0.494 e. The molecule has 0 aliphatic carbocycles. The Hall–Kier alpha value is -1.82. The predicted molar refractivity (Wildman–Crippen MR) is 81.4 cm³/mol. The van der Waals surface area contributed by atoms with Crippen LogP contribution in [0.5, 0.6) is 5.75 Å². The number of nitrogens with zero attached hydrogens (tertiary/aromatic N) is 1. The number of amides is 1. The molecule has 122 valence electrons. The molecule has 0 radical (unpaired) electrons. The van der Waals surface area contributed by atoms with E-state index in [9.17, 15) is 9.18 Å². The molecular formula is C16H23FN2O3. The highest BCUT2D eigenvalue weighted by atomic mass is 19.1. The summed E-state index contributed by atoms with van der Waals surface area (Å²) in [4.78, 5) is 13.7. The van der Waals surface area contributed by atoms with E-state index < -0.39 is 11.9 Å². The van der Waals surface area contributed by atoms with Gasteiger partial charge >= 0.3 is 6.09 Å². The van der Waals surface area contributed by atoms with Crippen molar-refractivity contribution in [3.05, 3.63) is 29.6 Å². The van der Waals surface area contributed by atoms with Gasteiger partial charge in [0.05, 0.1) is 6.61 Å². The Kier molecular flexibility index (Phi) is 6.00. The van der Waals surface area contributed by atoms with Crippen molar-refractivity contribution in [3.8, 4) is 5.75 Å². The van der Waals surface area contributed by atoms with Crippen LogP contribution in [0.15, 0.2) is 18.2 Å². The highest BCUT2D eigenvalue weighted by molar-refractivity contribution is 5.68. The third-order valence-electron chi connectivity index (χ3n) is 3.58. The number of carbonyl (C=O) groups excluding carboxylic acids is 1. The molecule has 1 N–H and O–H groups in total. The maximum Gasteiger partial charge on any atom is 0.410 e. The summed E-state index contributed by atoms with van der Waals surface area (Å²) >= 11 is 0. The lowest BCUT2D eigenvalue weighted by Gasteiger charge is -2.33. The maximum absolute atomic E-state index is 13.8. The molecule has 1 fully saturated rings. The van der Waals surface area contributed by atoms with Gasteiger partial charge in [-0.3, -0.25) is 0 Å². The molecule has 1 amide bonds.